The summed E-state index contributed by atoms with van der Waals surface area (Å²) >= 11 is 1.67. The average Bonchev–Trinajstić information content (AvgIpc) is 3.32. The highest BCUT2D eigenvalue weighted by Gasteiger charge is 2.19. The minimum Gasteiger partial charge on any atom is -0.308 e. The monoisotopic (exact) mass is 379 g/mol. The van der Waals surface area contributed by atoms with Crippen LogP contribution in [0.5, 0.6) is 0 Å². The molecular weight excluding hydrogens is 358 g/mol. The third-order valence-electron chi connectivity index (χ3n) is 4.15. The molecule has 0 radical (unpaired) electrons. The van der Waals surface area contributed by atoms with Gasteiger partial charge < -0.3 is 10.6 Å². The summed E-state index contributed by atoms with van der Waals surface area (Å²) in [6.07, 6.45) is 1.46. The maximum atomic E-state index is 12.5. The SMILES string of the molecule is CC(C)[C@@H](NCC(=O)Nc1c(C#N)cnn1-c1ccccc1)c1cccs1. The molecule has 0 aliphatic carbocycles. The number of nitrogens with zero attached hydrogens (tertiary/aromatic N) is 3. The van der Waals surface area contributed by atoms with Gasteiger partial charge in [0.1, 0.15) is 11.6 Å². The fourth-order valence-corrected chi connectivity index (χ4v) is 3.80. The van der Waals surface area contributed by atoms with E-state index >= 15 is 0 Å². The van der Waals surface area contributed by atoms with E-state index in [1.165, 1.54) is 11.1 Å². The second-order valence-electron chi connectivity index (χ2n) is 6.43. The average molecular weight is 379 g/mol. The molecule has 0 saturated carbocycles. The van der Waals surface area contributed by atoms with Gasteiger partial charge in [-0.25, -0.2) is 4.68 Å². The molecule has 0 aliphatic rings. The zero-order chi connectivity index (χ0) is 19.2. The summed E-state index contributed by atoms with van der Waals surface area (Å²) in [5.41, 5.74) is 1.10. The van der Waals surface area contributed by atoms with E-state index in [2.05, 4.69) is 41.7 Å². The Kier molecular flexibility index (Phi) is 6.01. The number of thiophene rings is 1. The topological polar surface area (TPSA) is 82.7 Å². The van der Waals surface area contributed by atoms with Crippen molar-refractivity contribution in [1.29, 1.82) is 5.26 Å². The standard InChI is InChI=1S/C20H21N5OS/c1-14(2)19(17-9-6-10-27-17)22-13-18(26)24-20-15(11-21)12-23-25(20)16-7-4-3-5-8-16/h3-10,12,14,19,22H,13H2,1-2H3,(H,24,26)/t19-/m1/s1. The number of benzene rings is 1. The third kappa shape index (κ3) is 4.42. The lowest BCUT2D eigenvalue weighted by atomic mass is 10.0. The Balaban J connectivity index is 1.73. The van der Waals surface area contributed by atoms with Crippen LogP contribution in [0.2, 0.25) is 0 Å². The molecule has 0 saturated heterocycles. The molecule has 27 heavy (non-hydrogen) atoms. The maximum Gasteiger partial charge on any atom is 0.239 e. The van der Waals surface area contributed by atoms with Gasteiger partial charge in [0.2, 0.25) is 5.91 Å². The van der Waals surface area contributed by atoms with E-state index in [9.17, 15) is 10.1 Å². The molecule has 0 unspecified atom stereocenters. The first-order chi connectivity index (χ1) is 13.1. The molecule has 0 fully saturated rings. The van der Waals surface area contributed by atoms with Gasteiger partial charge in [-0.15, -0.1) is 11.3 Å². The van der Waals surface area contributed by atoms with E-state index in [-0.39, 0.29) is 18.5 Å². The molecule has 2 N–H and O–H groups in total. The first-order valence-corrected chi connectivity index (χ1v) is 9.58. The number of hydrogen-bond acceptors (Lipinski definition) is 5. The van der Waals surface area contributed by atoms with Gasteiger partial charge in [0.25, 0.3) is 0 Å². The van der Waals surface area contributed by atoms with E-state index in [4.69, 9.17) is 0 Å². The Morgan fingerprint density at radius 1 is 1.26 bits per heavy atom. The summed E-state index contributed by atoms with van der Waals surface area (Å²) in [6.45, 7) is 4.38. The highest BCUT2D eigenvalue weighted by Crippen LogP contribution is 2.25. The van der Waals surface area contributed by atoms with E-state index in [0.717, 1.165) is 5.69 Å². The number of para-hydroxylation sites is 1. The van der Waals surface area contributed by atoms with Crippen molar-refractivity contribution >= 4 is 23.1 Å². The van der Waals surface area contributed by atoms with Crippen LogP contribution < -0.4 is 10.6 Å². The van der Waals surface area contributed by atoms with Gasteiger partial charge in [-0.05, 0) is 29.5 Å². The minimum absolute atomic E-state index is 0.102. The molecule has 1 atom stereocenters. The van der Waals surface area contributed by atoms with Crippen molar-refractivity contribution in [3.05, 3.63) is 64.5 Å². The van der Waals surface area contributed by atoms with Crippen LogP contribution in [0.4, 0.5) is 5.82 Å². The van der Waals surface area contributed by atoms with E-state index in [1.54, 1.807) is 16.0 Å². The molecule has 6 nitrogen and oxygen atoms in total. The van der Waals surface area contributed by atoms with Crippen LogP contribution in [0.3, 0.4) is 0 Å². The van der Waals surface area contributed by atoms with Crippen LogP contribution >= 0.6 is 11.3 Å². The van der Waals surface area contributed by atoms with Crippen LogP contribution in [0, 0.1) is 17.2 Å². The molecule has 138 valence electrons. The lowest BCUT2D eigenvalue weighted by Crippen LogP contribution is -2.33. The van der Waals surface area contributed by atoms with Gasteiger partial charge >= 0.3 is 0 Å². The van der Waals surface area contributed by atoms with Crippen LogP contribution in [0.1, 0.15) is 30.3 Å². The molecule has 2 aromatic heterocycles. The summed E-state index contributed by atoms with van der Waals surface area (Å²) in [7, 11) is 0. The summed E-state index contributed by atoms with van der Waals surface area (Å²) in [5, 5.41) is 21.7. The normalized spacial score (nSPS) is 11.9. The van der Waals surface area contributed by atoms with Crippen LogP contribution in [0.15, 0.2) is 54.0 Å². The predicted octanol–water partition coefficient (Wildman–Crippen LogP) is 3.73. The molecule has 0 bridgehead atoms. The number of rotatable bonds is 7. The van der Waals surface area contributed by atoms with Crippen LogP contribution in [-0.4, -0.2) is 22.2 Å². The quantitative estimate of drug-likeness (QED) is 0.655. The Morgan fingerprint density at radius 3 is 2.67 bits per heavy atom. The number of aromatic nitrogens is 2. The summed E-state index contributed by atoms with van der Waals surface area (Å²) < 4.78 is 1.57. The summed E-state index contributed by atoms with van der Waals surface area (Å²) in [5.74, 6) is 0.514. The van der Waals surface area contributed by atoms with Crippen LogP contribution in [-0.2, 0) is 4.79 Å². The van der Waals surface area contributed by atoms with Crippen molar-refractivity contribution in [2.24, 2.45) is 5.92 Å². The Hall–Kier alpha value is -2.95. The molecule has 1 aromatic carbocycles. The van der Waals surface area contributed by atoms with Crippen molar-refractivity contribution in [1.82, 2.24) is 15.1 Å². The van der Waals surface area contributed by atoms with Gasteiger partial charge in [0.15, 0.2) is 5.82 Å². The summed E-state index contributed by atoms with van der Waals surface area (Å²) in [4.78, 5) is 13.7. The molecule has 0 spiro atoms. The molecule has 7 heteroatoms. The number of amides is 1. The lowest BCUT2D eigenvalue weighted by Gasteiger charge is -2.21. The first-order valence-electron chi connectivity index (χ1n) is 8.70. The van der Waals surface area contributed by atoms with Crippen molar-refractivity contribution in [3.8, 4) is 11.8 Å². The number of nitriles is 1. The minimum atomic E-state index is -0.216. The lowest BCUT2D eigenvalue weighted by molar-refractivity contribution is -0.115. The maximum absolute atomic E-state index is 12.5. The van der Waals surface area contributed by atoms with Crippen LogP contribution in [0.25, 0.3) is 5.69 Å². The zero-order valence-electron chi connectivity index (χ0n) is 15.2. The largest absolute Gasteiger partial charge is 0.308 e. The van der Waals surface area contributed by atoms with Gasteiger partial charge in [-0.3, -0.25) is 4.79 Å². The smallest absolute Gasteiger partial charge is 0.239 e. The fraction of sp³-hybridized carbons (Fsp3) is 0.250. The van der Waals surface area contributed by atoms with E-state index in [0.29, 0.717) is 17.3 Å². The number of hydrogen-bond donors (Lipinski definition) is 2. The summed E-state index contributed by atoms with van der Waals surface area (Å²) in [6, 6.07) is 15.7. The molecule has 0 aliphatic heterocycles. The van der Waals surface area contributed by atoms with E-state index in [1.807, 2.05) is 41.8 Å². The Morgan fingerprint density at radius 2 is 2.04 bits per heavy atom. The van der Waals surface area contributed by atoms with Gasteiger partial charge in [-0.2, -0.15) is 10.4 Å². The predicted molar refractivity (Wildman–Crippen MR) is 107 cm³/mol. The van der Waals surface area contributed by atoms with Crippen molar-refractivity contribution < 1.29 is 4.79 Å². The third-order valence-corrected chi connectivity index (χ3v) is 5.10. The molecular formula is C20H21N5OS. The fourth-order valence-electron chi connectivity index (χ4n) is 2.83. The molecule has 3 rings (SSSR count). The second-order valence-corrected chi connectivity index (χ2v) is 7.41. The second kappa shape index (κ2) is 8.62. The molecule has 1 amide bonds. The highest BCUT2D eigenvalue weighted by molar-refractivity contribution is 7.10. The molecule has 2 heterocycles. The highest BCUT2D eigenvalue weighted by atomic mass is 32.1. The first kappa shape index (κ1) is 18.8. The van der Waals surface area contributed by atoms with Crippen molar-refractivity contribution in [3.63, 3.8) is 0 Å². The number of anilines is 1. The molecule has 3 aromatic rings. The Bertz CT molecular complexity index is 925. The number of carbonyl (C=O) groups excluding carboxylic acids is 1. The Labute approximate surface area is 162 Å². The van der Waals surface area contributed by atoms with Gasteiger partial charge in [0, 0.05) is 10.9 Å². The number of carbonyl (C=O) groups is 1. The van der Waals surface area contributed by atoms with E-state index < -0.39 is 0 Å². The zero-order valence-corrected chi connectivity index (χ0v) is 16.0. The van der Waals surface area contributed by atoms with Gasteiger partial charge in [-0.1, -0.05) is 38.1 Å². The number of nitrogens with one attached hydrogen (secondary N) is 2. The van der Waals surface area contributed by atoms with Crippen molar-refractivity contribution in [2.75, 3.05) is 11.9 Å². The van der Waals surface area contributed by atoms with Crippen molar-refractivity contribution in [2.45, 2.75) is 19.9 Å². The van der Waals surface area contributed by atoms with Gasteiger partial charge in [0.05, 0.1) is 18.4 Å².